The van der Waals surface area contributed by atoms with E-state index in [1.54, 1.807) is 42.5 Å². The molecule has 7 nitrogen and oxygen atoms in total. The number of carboxylic acid groups (broad SMARTS) is 1. The number of carboxylic acids is 1. The molecule has 0 saturated heterocycles. The Hall–Kier alpha value is -2.62. The van der Waals surface area contributed by atoms with Crippen molar-refractivity contribution in [1.29, 1.82) is 0 Å². The van der Waals surface area contributed by atoms with Crippen LogP contribution in [0, 0.1) is 0 Å². The lowest BCUT2D eigenvalue weighted by Crippen LogP contribution is -2.37. The van der Waals surface area contributed by atoms with E-state index in [0.29, 0.717) is 24.5 Å². The zero-order valence-electron chi connectivity index (χ0n) is 19.8. The van der Waals surface area contributed by atoms with Crippen LogP contribution in [-0.2, 0) is 21.1 Å². The highest BCUT2D eigenvalue weighted by Gasteiger charge is 2.30. The topological polar surface area (TPSA) is 113 Å². The van der Waals surface area contributed by atoms with Gasteiger partial charge in [-0.05, 0) is 80.4 Å². The third-order valence-electron chi connectivity index (χ3n) is 5.40. The summed E-state index contributed by atoms with van der Waals surface area (Å²) in [6, 6.07) is 19.4. The first-order valence-corrected chi connectivity index (χ1v) is 12.9. The van der Waals surface area contributed by atoms with E-state index < -0.39 is 27.5 Å². The molecule has 0 radical (unpaired) electrons. The maximum atomic E-state index is 13.1. The molecule has 0 saturated carbocycles. The second-order valence-corrected chi connectivity index (χ2v) is 11.0. The molecule has 0 heterocycles. The maximum Gasteiger partial charge on any atom is 0.347 e. The summed E-state index contributed by atoms with van der Waals surface area (Å²) in [7, 11) is -3.81. The van der Waals surface area contributed by atoms with Crippen LogP contribution >= 0.6 is 24.0 Å². The average molecular weight is 554 g/mol. The van der Waals surface area contributed by atoms with Crippen LogP contribution in [0.5, 0.6) is 5.75 Å². The predicted molar refractivity (Wildman–Crippen MR) is 141 cm³/mol. The first-order valence-electron chi connectivity index (χ1n) is 11.0. The molecule has 0 aliphatic heterocycles. The van der Waals surface area contributed by atoms with Gasteiger partial charge in [-0.1, -0.05) is 41.9 Å². The molecule has 36 heavy (non-hydrogen) atoms. The molecule has 1 unspecified atom stereocenters. The van der Waals surface area contributed by atoms with E-state index in [9.17, 15) is 23.4 Å². The number of benzene rings is 3. The van der Waals surface area contributed by atoms with Gasteiger partial charge in [0.25, 0.3) is 0 Å². The second kappa shape index (κ2) is 12.6. The summed E-state index contributed by atoms with van der Waals surface area (Å²) in [4.78, 5) is 11.4. The van der Waals surface area contributed by atoms with Crippen molar-refractivity contribution >= 4 is 39.8 Å². The third kappa shape index (κ3) is 7.69. The van der Waals surface area contributed by atoms with Crippen molar-refractivity contribution < 1.29 is 28.2 Å². The van der Waals surface area contributed by atoms with E-state index in [1.165, 1.54) is 38.1 Å². The molecule has 1 atom stereocenters. The van der Waals surface area contributed by atoms with Crippen LogP contribution in [0.15, 0.2) is 82.6 Å². The van der Waals surface area contributed by atoms with Gasteiger partial charge in [0, 0.05) is 11.6 Å². The SMILES string of the molecule is CC(C)(Oc1cccc(S(=O)(=O)c2ccc(CCNCC(O)c3cccc(Cl)c3)cc2)c1)C(=O)O.Cl. The Morgan fingerprint density at radius 1 is 1.03 bits per heavy atom. The zero-order chi connectivity index (χ0) is 25.6. The summed E-state index contributed by atoms with van der Waals surface area (Å²) >= 11 is 5.96. The summed E-state index contributed by atoms with van der Waals surface area (Å²) in [5.41, 5.74) is 0.178. The Morgan fingerprint density at radius 3 is 2.33 bits per heavy atom. The number of aliphatic carboxylic acids is 1. The lowest BCUT2D eigenvalue weighted by molar-refractivity contribution is -0.152. The molecule has 3 aromatic carbocycles. The number of halogens is 2. The van der Waals surface area contributed by atoms with Crippen LogP contribution in [-0.4, -0.2) is 43.3 Å². The van der Waals surface area contributed by atoms with Crippen molar-refractivity contribution in [3.8, 4) is 5.75 Å². The van der Waals surface area contributed by atoms with Crippen LogP contribution in [0.3, 0.4) is 0 Å². The van der Waals surface area contributed by atoms with Crippen molar-refractivity contribution in [2.45, 2.75) is 41.8 Å². The molecule has 0 fully saturated rings. The third-order valence-corrected chi connectivity index (χ3v) is 7.40. The van der Waals surface area contributed by atoms with Gasteiger partial charge in [-0.3, -0.25) is 0 Å². The Kier molecular flexibility index (Phi) is 10.3. The molecule has 0 amide bonds. The number of aliphatic hydroxyl groups excluding tert-OH is 1. The van der Waals surface area contributed by atoms with Crippen LogP contribution in [0.2, 0.25) is 5.02 Å². The molecular formula is C26H29Cl2NO6S. The summed E-state index contributed by atoms with van der Waals surface area (Å²) in [5, 5.41) is 23.3. The second-order valence-electron chi connectivity index (χ2n) is 8.56. The van der Waals surface area contributed by atoms with Crippen LogP contribution in [0.25, 0.3) is 0 Å². The number of ether oxygens (including phenoxy) is 1. The van der Waals surface area contributed by atoms with Crippen molar-refractivity contribution in [2.24, 2.45) is 0 Å². The van der Waals surface area contributed by atoms with Gasteiger partial charge in [0.2, 0.25) is 9.84 Å². The monoisotopic (exact) mass is 553 g/mol. The van der Waals surface area contributed by atoms with Crippen molar-refractivity contribution in [2.75, 3.05) is 13.1 Å². The summed E-state index contributed by atoms with van der Waals surface area (Å²) in [5.74, 6) is -1.00. The summed E-state index contributed by atoms with van der Waals surface area (Å²) < 4.78 is 31.6. The zero-order valence-corrected chi connectivity index (χ0v) is 22.2. The molecule has 3 N–H and O–H groups in total. The van der Waals surface area contributed by atoms with Gasteiger partial charge in [0.05, 0.1) is 15.9 Å². The summed E-state index contributed by atoms with van der Waals surface area (Å²) in [6.07, 6.45) is -0.0297. The van der Waals surface area contributed by atoms with Gasteiger partial charge < -0.3 is 20.3 Å². The minimum Gasteiger partial charge on any atom is -0.478 e. The largest absolute Gasteiger partial charge is 0.478 e. The molecule has 3 aromatic rings. The van der Waals surface area contributed by atoms with Crippen molar-refractivity contribution in [3.05, 3.63) is 88.9 Å². The molecule has 0 spiro atoms. The lowest BCUT2D eigenvalue weighted by atomic mass is 10.1. The van der Waals surface area contributed by atoms with E-state index in [0.717, 1.165) is 11.1 Å². The highest BCUT2D eigenvalue weighted by molar-refractivity contribution is 7.91. The quantitative estimate of drug-likeness (QED) is 0.295. The molecule has 10 heteroatoms. The fraction of sp³-hybridized carbons (Fsp3) is 0.269. The molecular weight excluding hydrogens is 525 g/mol. The Labute approximate surface area is 222 Å². The first kappa shape index (κ1) is 29.6. The number of rotatable bonds is 11. The lowest BCUT2D eigenvalue weighted by Gasteiger charge is -2.21. The Morgan fingerprint density at radius 2 is 1.69 bits per heavy atom. The first-order chi connectivity index (χ1) is 16.5. The minimum absolute atomic E-state index is 0. The Balaban J connectivity index is 0.00000456. The van der Waals surface area contributed by atoms with Crippen LogP contribution in [0.1, 0.15) is 31.1 Å². The number of carbonyl (C=O) groups is 1. The van der Waals surface area contributed by atoms with Crippen LogP contribution < -0.4 is 10.1 Å². The van der Waals surface area contributed by atoms with E-state index in [-0.39, 0.29) is 27.9 Å². The average Bonchev–Trinajstić information content (AvgIpc) is 2.82. The van der Waals surface area contributed by atoms with E-state index >= 15 is 0 Å². The molecule has 3 rings (SSSR count). The number of nitrogens with one attached hydrogen (secondary N) is 1. The number of sulfone groups is 1. The van der Waals surface area contributed by atoms with Gasteiger partial charge in [0.15, 0.2) is 5.60 Å². The number of aliphatic hydroxyl groups is 1. The summed E-state index contributed by atoms with van der Waals surface area (Å²) in [6.45, 7) is 3.75. The maximum absolute atomic E-state index is 13.1. The normalized spacial score (nSPS) is 12.4. The van der Waals surface area contributed by atoms with E-state index in [4.69, 9.17) is 16.3 Å². The van der Waals surface area contributed by atoms with Gasteiger partial charge >= 0.3 is 5.97 Å². The standard InChI is InChI=1S/C26H28ClNO6S.ClH/c1-26(2,25(30)31)34-21-7-4-8-23(16-21)35(32,33)22-11-9-18(10-12-22)13-14-28-17-24(29)19-5-3-6-20(27)15-19;/h3-12,15-16,24,28-29H,13-14,17H2,1-2H3,(H,30,31);1H. The number of hydrogen-bond acceptors (Lipinski definition) is 6. The fourth-order valence-corrected chi connectivity index (χ4v) is 4.81. The van der Waals surface area contributed by atoms with Gasteiger partial charge in [0.1, 0.15) is 5.75 Å². The van der Waals surface area contributed by atoms with Gasteiger partial charge in [-0.15, -0.1) is 12.4 Å². The minimum atomic E-state index is -3.81. The van der Waals surface area contributed by atoms with Gasteiger partial charge in [-0.25, -0.2) is 13.2 Å². The molecule has 0 aromatic heterocycles. The Bertz CT molecular complexity index is 1280. The molecule has 0 bridgehead atoms. The highest BCUT2D eigenvalue weighted by atomic mass is 35.5. The molecule has 194 valence electrons. The van der Waals surface area contributed by atoms with Crippen LogP contribution in [0.4, 0.5) is 0 Å². The number of hydrogen-bond donors (Lipinski definition) is 3. The molecule has 0 aliphatic rings. The van der Waals surface area contributed by atoms with E-state index in [2.05, 4.69) is 5.32 Å². The van der Waals surface area contributed by atoms with Crippen molar-refractivity contribution in [1.82, 2.24) is 5.32 Å². The van der Waals surface area contributed by atoms with E-state index in [1.807, 2.05) is 6.07 Å². The smallest absolute Gasteiger partial charge is 0.347 e. The predicted octanol–water partition coefficient (Wildman–Crippen LogP) is 4.70. The van der Waals surface area contributed by atoms with Crippen molar-refractivity contribution in [3.63, 3.8) is 0 Å². The highest BCUT2D eigenvalue weighted by Crippen LogP contribution is 2.27. The fourth-order valence-electron chi connectivity index (χ4n) is 3.32. The molecule has 0 aliphatic carbocycles. The van der Waals surface area contributed by atoms with Gasteiger partial charge in [-0.2, -0.15) is 0 Å².